The molecular formula is C18H28N2O2S. The number of amides is 2. The molecule has 128 valence electrons. The average molecular weight is 337 g/mol. The van der Waals surface area contributed by atoms with Crippen LogP contribution in [0.4, 0.5) is 4.79 Å². The minimum absolute atomic E-state index is 0.0367. The number of nitrogens with one attached hydrogen (secondary N) is 1. The van der Waals surface area contributed by atoms with Gasteiger partial charge in [-0.3, -0.25) is 0 Å². The maximum absolute atomic E-state index is 12.5. The van der Waals surface area contributed by atoms with Crippen LogP contribution in [-0.2, 0) is 5.41 Å². The van der Waals surface area contributed by atoms with Crippen LogP contribution in [0.1, 0.15) is 50.3 Å². The van der Waals surface area contributed by atoms with E-state index in [4.69, 9.17) is 0 Å². The molecule has 2 fully saturated rings. The Hall–Kier alpha value is -1.07. The lowest BCUT2D eigenvalue weighted by atomic mass is 9.73. The Bertz CT molecular complexity index is 509. The third-order valence-corrected chi connectivity index (χ3v) is 6.74. The molecule has 3 rings (SSSR count). The summed E-state index contributed by atoms with van der Waals surface area (Å²) in [5, 5.41) is 15.0. The van der Waals surface area contributed by atoms with Crippen LogP contribution < -0.4 is 5.32 Å². The minimum Gasteiger partial charge on any atom is -0.393 e. The van der Waals surface area contributed by atoms with Crippen molar-refractivity contribution in [2.75, 3.05) is 19.6 Å². The number of carbonyl (C=O) groups is 1. The largest absolute Gasteiger partial charge is 0.393 e. The monoisotopic (exact) mass is 336 g/mol. The van der Waals surface area contributed by atoms with Crippen molar-refractivity contribution in [3.8, 4) is 0 Å². The zero-order valence-corrected chi connectivity index (χ0v) is 14.8. The fourth-order valence-electron chi connectivity index (χ4n) is 4.04. The van der Waals surface area contributed by atoms with Crippen LogP contribution in [0.3, 0.4) is 0 Å². The molecule has 23 heavy (non-hydrogen) atoms. The van der Waals surface area contributed by atoms with E-state index in [1.807, 2.05) is 23.2 Å². The van der Waals surface area contributed by atoms with E-state index in [9.17, 15) is 9.90 Å². The highest BCUT2D eigenvalue weighted by Crippen LogP contribution is 2.41. The molecule has 0 spiro atoms. The second kappa shape index (κ2) is 7.22. The first-order chi connectivity index (χ1) is 11.1. The van der Waals surface area contributed by atoms with Crippen molar-refractivity contribution in [2.24, 2.45) is 5.92 Å². The van der Waals surface area contributed by atoms with E-state index in [0.717, 1.165) is 19.5 Å². The number of carbonyl (C=O) groups excluding carboxylic acids is 1. The van der Waals surface area contributed by atoms with Crippen LogP contribution in [0.15, 0.2) is 17.5 Å². The number of likely N-dealkylation sites (tertiary alicyclic amines) is 1. The molecule has 1 aliphatic heterocycles. The predicted octanol–water partition coefficient (Wildman–Crippen LogP) is 3.36. The van der Waals surface area contributed by atoms with Gasteiger partial charge in [0.2, 0.25) is 0 Å². The molecule has 1 aliphatic carbocycles. The molecule has 4 nitrogen and oxygen atoms in total. The van der Waals surface area contributed by atoms with Gasteiger partial charge in [0, 0.05) is 35.8 Å². The molecule has 1 saturated heterocycles. The van der Waals surface area contributed by atoms with Crippen LogP contribution in [0.25, 0.3) is 0 Å². The first kappa shape index (κ1) is 16.8. The zero-order valence-electron chi connectivity index (χ0n) is 14.0. The van der Waals surface area contributed by atoms with E-state index in [1.165, 1.54) is 37.0 Å². The quantitative estimate of drug-likeness (QED) is 0.886. The van der Waals surface area contributed by atoms with E-state index >= 15 is 0 Å². The SMILES string of the molecule is C[C@@H](O)[C@H]1CCN(C(=O)NCC2(c3cccs3)CCCCC2)C1. The van der Waals surface area contributed by atoms with Crippen LogP contribution in [-0.4, -0.2) is 41.8 Å². The Morgan fingerprint density at radius 1 is 1.48 bits per heavy atom. The lowest BCUT2D eigenvalue weighted by molar-refractivity contribution is 0.129. The Kier molecular flexibility index (Phi) is 5.27. The van der Waals surface area contributed by atoms with E-state index in [1.54, 1.807) is 0 Å². The van der Waals surface area contributed by atoms with Gasteiger partial charge in [0.15, 0.2) is 0 Å². The highest BCUT2D eigenvalue weighted by atomic mass is 32.1. The van der Waals surface area contributed by atoms with Crippen molar-refractivity contribution >= 4 is 17.4 Å². The van der Waals surface area contributed by atoms with Crippen molar-refractivity contribution in [3.05, 3.63) is 22.4 Å². The third kappa shape index (κ3) is 3.72. The number of thiophene rings is 1. The molecule has 5 heteroatoms. The molecule has 0 bridgehead atoms. The number of rotatable bonds is 4. The molecule has 2 amide bonds. The molecule has 2 N–H and O–H groups in total. The molecule has 0 aromatic carbocycles. The molecule has 2 atom stereocenters. The van der Waals surface area contributed by atoms with Crippen molar-refractivity contribution in [2.45, 2.75) is 57.0 Å². The smallest absolute Gasteiger partial charge is 0.317 e. The van der Waals surface area contributed by atoms with Gasteiger partial charge in [0.25, 0.3) is 0 Å². The molecule has 0 unspecified atom stereocenters. The van der Waals surface area contributed by atoms with Crippen molar-refractivity contribution in [3.63, 3.8) is 0 Å². The molecule has 2 aliphatic rings. The minimum atomic E-state index is -0.330. The summed E-state index contributed by atoms with van der Waals surface area (Å²) < 4.78 is 0. The van der Waals surface area contributed by atoms with Gasteiger partial charge >= 0.3 is 6.03 Å². The van der Waals surface area contributed by atoms with Crippen molar-refractivity contribution in [1.82, 2.24) is 10.2 Å². The summed E-state index contributed by atoms with van der Waals surface area (Å²) in [5.74, 6) is 0.224. The van der Waals surface area contributed by atoms with Gasteiger partial charge in [-0.25, -0.2) is 4.79 Å². The maximum Gasteiger partial charge on any atom is 0.317 e. The number of hydrogen-bond donors (Lipinski definition) is 2. The summed E-state index contributed by atoms with van der Waals surface area (Å²) in [6.07, 6.45) is 6.73. The Labute approximate surface area is 142 Å². The summed E-state index contributed by atoms with van der Waals surface area (Å²) in [4.78, 5) is 15.8. The summed E-state index contributed by atoms with van der Waals surface area (Å²) in [5.41, 5.74) is 0.130. The maximum atomic E-state index is 12.5. The molecule has 0 radical (unpaired) electrons. The van der Waals surface area contributed by atoms with Crippen LogP contribution >= 0.6 is 11.3 Å². The molecule has 1 aromatic heterocycles. The summed E-state index contributed by atoms with van der Waals surface area (Å²) in [6, 6.07) is 4.38. The van der Waals surface area contributed by atoms with Crippen molar-refractivity contribution < 1.29 is 9.90 Å². The molecule has 1 saturated carbocycles. The lowest BCUT2D eigenvalue weighted by Crippen LogP contribution is -2.46. The first-order valence-electron chi connectivity index (χ1n) is 8.85. The highest BCUT2D eigenvalue weighted by Gasteiger charge is 2.36. The van der Waals surface area contributed by atoms with Gasteiger partial charge in [-0.15, -0.1) is 11.3 Å². The molecule has 2 heterocycles. The standard InChI is InChI=1S/C18H28N2O2S/c1-14(21)15-7-10-20(12-15)17(22)19-13-18(8-3-2-4-9-18)16-6-5-11-23-16/h5-6,11,14-15,21H,2-4,7-10,12-13H2,1H3,(H,19,22)/t14-,15+/m1/s1. The Balaban J connectivity index is 1.60. The fraction of sp³-hybridized carbons (Fsp3) is 0.722. The van der Waals surface area contributed by atoms with Crippen LogP contribution in [0.5, 0.6) is 0 Å². The number of aliphatic hydroxyl groups is 1. The van der Waals surface area contributed by atoms with E-state index in [2.05, 4.69) is 22.8 Å². The summed E-state index contributed by atoms with van der Waals surface area (Å²) in [7, 11) is 0. The van der Waals surface area contributed by atoms with Gasteiger partial charge < -0.3 is 15.3 Å². The predicted molar refractivity (Wildman–Crippen MR) is 93.8 cm³/mol. The topological polar surface area (TPSA) is 52.6 Å². The van der Waals surface area contributed by atoms with Crippen molar-refractivity contribution in [1.29, 1.82) is 0 Å². The summed E-state index contributed by atoms with van der Waals surface area (Å²) in [6.45, 7) is 3.99. The number of urea groups is 1. The number of nitrogens with zero attached hydrogens (tertiary/aromatic N) is 1. The number of hydrogen-bond acceptors (Lipinski definition) is 3. The van der Waals surface area contributed by atoms with Gasteiger partial charge in [-0.1, -0.05) is 25.3 Å². The Morgan fingerprint density at radius 2 is 2.26 bits per heavy atom. The zero-order chi connectivity index (χ0) is 16.3. The van der Waals surface area contributed by atoms with E-state index in [-0.39, 0.29) is 23.5 Å². The highest BCUT2D eigenvalue weighted by molar-refractivity contribution is 7.10. The second-order valence-electron chi connectivity index (χ2n) is 7.21. The van der Waals surface area contributed by atoms with E-state index < -0.39 is 0 Å². The summed E-state index contributed by atoms with van der Waals surface area (Å²) >= 11 is 1.82. The normalized spacial score (nSPS) is 25.3. The molecule has 1 aromatic rings. The number of aliphatic hydroxyl groups excluding tert-OH is 1. The lowest BCUT2D eigenvalue weighted by Gasteiger charge is -2.37. The Morgan fingerprint density at radius 3 is 2.87 bits per heavy atom. The van der Waals surface area contributed by atoms with Gasteiger partial charge in [0.1, 0.15) is 0 Å². The first-order valence-corrected chi connectivity index (χ1v) is 9.73. The van der Waals surface area contributed by atoms with Gasteiger partial charge in [0.05, 0.1) is 6.10 Å². The third-order valence-electron chi connectivity index (χ3n) is 5.63. The van der Waals surface area contributed by atoms with Gasteiger partial charge in [-0.2, -0.15) is 0 Å². The van der Waals surface area contributed by atoms with E-state index in [0.29, 0.717) is 6.54 Å². The fourth-order valence-corrected chi connectivity index (χ4v) is 5.03. The average Bonchev–Trinajstić information content (AvgIpc) is 3.25. The molecular weight excluding hydrogens is 308 g/mol. The second-order valence-corrected chi connectivity index (χ2v) is 8.16. The van der Waals surface area contributed by atoms with Crippen LogP contribution in [0, 0.1) is 5.92 Å². The van der Waals surface area contributed by atoms with Crippen LogP contribution in [0.2, 0.25) is 0 Å². The van der Waals surface area contributed by atoms with Gasteiger partial charge in [-0.05, 0) is 37.6 Å².